The molecule has 0 spiro atoms. The minimum atomic E-state index is -4.88. The average Bonchev–Trinajstić information content (AvgIpc) is 3.25. The van der Waals surface area contributed by atoms with Crippen LogP contribution < -0.4 is 14.8 Å². The number of halogens is 3. The van der Waals surface area contributed by atoms with Crippen LogP contribution in [-0.2, 0) is 10.0 Å². The molecule has 42 heavy (non-hydrogen) atoms. The number of fused-ring (bicyclic) bond motifs is 5. The second-order valence-electron chi connectivity index (χ2n) is 14.0. The maximum atomic E-state index is 12.5. The molecular formula is C32H47F3N2O4S. The van der Waals surface area contributed by atoms with Gasteiger partial charge in [-0.2, -0.15) is 0 Å². The normalized spacial score (nSPS) is 36.3. The first-order valence-corrected chi connectivity index (χ1v) is 17.4. The summed E-state index contributed by atoms with van der Waals surface area (Å²) < 4.78 is 67.8. The Morgan fingerprint density at radius 2 is 1.69 bits per heavy atom. The van der Waals surface area contributed by atoms with Gasteiger partial charge in [-0.05, 0) is 128 Å². The fourth-order valence-corrected chi connectivity index (χ4v) is 11.1. The summed E-state index contributed by atoms with van der Waals surface area (Å²) in [6.07, 6.45) is 10.4. The van der Waals surface area contributed by atoms with E-state index in [0.717, 1.165) is 66.7 Å². The summed E-state index contributed by atoms with van der Waals surface area (Å²) >= 11 is 0. The van der Waals surface area contributed by atoms with Crippen LogP contribution >= 0.6 is 0 Å². The summed E-state index contributed by atoms with van der Waals surface area (Å²) in [6, 6.07) is 2.88. The van der Waals surface area contributed by atoms with Crippen LogP contribution in [0.5, 0.6) is 5.75 Å². The number of carbonyl (C=O) groups is 1. The lowest BCUT2D eigenvalue weighted by Crippen LogP contribution is -2.55. The summed E-state index contributed by atoms with van der Waals surface area (Å²) in [6.45, 7) is 7.93. The predicted molar refractivity (Wildman–Crippen MR) is 155 cm³/mol. The lowest BCUT2D eigenvalue weighted by molar-refractivity contribution is -0.274. The van der Waals surface area contributed by atoms with Gasteiger partial charge in [0.05, 0.1) is 4.90 Å². The van der Waals surface area contributed by atoms with Crippen molar-refractivity contribution < 1.29 is 31.1 Å². The van der Waals surface area contributed by atoms with Gasteiger partial charge in [0.2, 0.25) is 0 Å². The molecule has 0 heterocycles. The molecule has 4 aliphatic rings. The van der Waals surface area contributed by atoms with Crippen molar-refractivity contribution in [2.75, 3.05) is 6.54 Å². The highest BCUT2D eigenvalue weighted by molar-refractivity contribution is 7.90. The summed E-state index contributed by atoms with van der Waals surface area (Å²) in [5.41, 5.74) is 0.850. The van der Waals surface area contributed by atoms with Crippen molar-refractivity contribution in [2.45, 2.75) is 109 Å². The average molecular weight is 613 g/mol. The van der Waals surface area contributed by atoms with Crippen molar-refractivity contribution in [1.29, 1.82) is 0 Å². The standard InChI is InChI=1S/C32H47F3N2O4S/c1-4-21-20-25-27-15-10-22(30(27,2)18-16-28(25)31(3)17-6-5-9-26(21)31)8-7-19-36-29(38)37-42(39,40)24-13-11-23(12-14-24)41-32(33,34)35/h11-14,21-22,25-28H,4-10,15-20H2,1-3H3,(H2,36,37,38)/t21-,22?,25-,26-,27?,28-,30+,31-/m0/s1. The summed E-state index contributed by atoms with van der Waals surface area (Å²) in [5.74, 6) is 4.33. The van der Waals surface area contributed by atoms with Gasteiger partial charge in [-0.1, -0.05) is 40.0 Å². The third-order valence-electron chi connectivity index (χ3n) is 12.1. The van der Waals surface area contributed by atoms with E-state index in [-0.39, 0.29) is 4.90 Å². The van der Waals surface area contributed by atoms with Crippen LogP contribution in [0.2, 0.25) is 0 Å². The molecular weight excluding hydrogens is 565 g/mol. The first-order valence-electron chi connectivity index (χ1n) is 15.9. The Bertz CT molecular complexity index is 1220. The Labute approximate surface area is 249 Å². The van der Waals surface area contributed by atoms with Gasteiger partial charge in [0.1, 0.15) is 5.75 Å². The fraction of sp³-hybridized carbons (Fsp3) is 0.781. The number of nitrogens with one attached hydrogen (secondary N) is 2. The number of benzene rings is 1. The molecule has 5 rings (SSSR count). The van der Waals surface area contributed by atoms with Gasteiger partial charge in [0.15, 0.2) is 0 Å². The fourth-order valence-electron chi connectivity index (χ4n) is 10.2. The Balaban J connectivity index is 1.12. The molecule has 0 radical (unpaired) electrons. The smallest absolute Gasteiger partial charge is 0.406 e. The number of alkyl halides is 3. The zero-order valence-corrected chi connectivity index (χ0v) is 26.0. The third kappa shape index (κ3) is 6.16. The molecule has 236 valence electrons. The SMILES string of the molecule is CC[C@H]1C[C@H]2C3CCC(CCCNC(=O)NS(=O)(=O)c4ccc(OC(F)(F)F)cc4)[C@@]3(C)CC[C@@H]2[C@@]2(C)CCCC[C@@H]12. The number of ether oxygens (including phenoxy) is 1. The molecule has 4 fully saturated rings. The highest BCUT2D eigenvalue weighted by atomic mass is 32.2. The lowest BCUT2D eigenvalue weighted by atomic mass is 9.42. The second kappa shape index (κ2) is 11.8. The van der Waals surface area contributed by atoms with E-state index in [1.807, 2.05) is 4.72 Å². The molecule has 4 saturated carbocycles. The number of carbonyl (C=O) groups excluding carboxylic acids is 1. The Hall–Kier alpha value is -1.97. The van der Waals surface area contributed by atoms with E-state index in [9.17, 15) is 26.4 Å². The maximum Gasteiger partial charge on any atom is 0.573 e. The molecule has 0 aromatic heterocycles. The quantitative estimate of drug-likeness (QED) is 0.291. The Morgan fingerprint density at radius 3 is 2.38 bits per heavy atom. The van der Waals surface area contributed by atoms with Crippen molar-refractivity contribution >= 4 is 16.1 Å². The van der Waals surface area contributed by atoms with Crippen molar-refractivity contribution in [3.63, 3.8) is 0 Å². The van der Waals surface area contributed by atoms with E-state index in [0.29, 0.717) is 23.3 Å². The Morgan fingerprint density at radius 1 is 0.976 bits per heavy atom. The molecule has 4 aliphatic carbocycles. The van der Waals surface area contributed by atoms with Crippen molar-refractivity contribution in [3.05, 3.63) is 24.3 Å². The number of amides is 2. The van der Waals surface area contributed by atoms with Crippen molar-refractivity contribution in [1.82, 2.24) is 10.0 Å². The van der Waals surface area contributed by atoms with Crippen LogP contribution in [-0.4, -0.2) is 27.4 Å². The monoisotopic (exact) mass is 612 g/mol. The predicted octanol–water partition coefficient (Wildman–Crippen LogP) is 8.04. The lowest BCUT2D eigenvalue weighted by Gasteiger charge is -2.62. The van der Waals surface area contributed by atoms with Crippen LogP contribution in [0.15, 0.2) is 29.2 Å². The van der Waals surface area contributed by atoms with Gasteiger partial charge in [-0.25, -0.2) is 17.9 Å². The van der Waals surface area contributed by atoms with Crippen LogP contribution in [0.25, 0.3) is 0 Å². The van der Waals surface area contributed by atoms with Crippen LogP contribution in [0.3, 0.4) is 0 Å². The van der Waals surface area contributed by atoms with Gasteiger partial charge in [-0.3, -0.25) is 0 Å². The van der Waals surface area contributed by atoms with Crippen LogP contribution in [0.4, 0.5) is 18.0 Å². The van der Waals surface area contributed by atoms with Gasteiger partial charge >= 0.3 is 12.4 Å². The highest BCUT2D eigenvalue weighted by Gasteiger charge is 2.60. The van der Waals surface area contributed by atoms with E-state index in [1.165, 1.54) is 64.2 Å². The van der Waals surface area contributed by atoms with Gasteiger partial charge in [0.25, 0.3) is 10.0 Å². The third-order valence-corrected chi connectivity index (χ3v) is 13.4. The molecule has 8 atom stereocenters. The summed E-state index contributed by atoms with van der Waals surface area (Å²) in [5, 5.41) is 2.65. The molecule has 0 saturated heterocycles. The summed E-state index contributed by atoms with van der Waals surface area (Å²) in [4.78, 5) is 12.0. The van der Waals surface area contributed by atoms with Crippen molar-refractivity contribution in [3.8, 4) is 5.75 Å². The molecule has 0 aliphatic heterocycles. The summed E-state index contributed by atoms with van der Waals surface area (Å²) in [7, 11) is -4.23. The number of rotatable bonds is 8. The minimum absolute atomic E-state index is 0.325. The second-order valence-corrected chi connectivity index (χ2v) is 15.7. The number of hydrogen-bond acceptors (Lipinski definition) is 4. The molecule has 1 aromatic rings. The largest absolute Gasteiger partial charge is 0.573 e. The first kappa shape index (κ1) is 31.5. The van der Waals surface area contributed by atoms with E-state index < -0.39 is 28.2 Å². The molecule has 10 heteroatoms. The number of hydrogen-bond donors (Lipinski definition) is 2. The molecule has 0 bridgehead atoms. The maximum absolute atomic E-state index is 12.5. The molecule has 2 N–H and O–H groups in total. The molecule has 6 nitrogen and oxygen atoms in total. The number of urea groups is 1. The van der Waals surface area contributed by atoms with E-state index in [4.69, 9.17) is 0 Å². The first-order chi connectivity index (χ1) is 19.8. The van der Waals surface area contributed by atoms with E-state index in [2.05, 4.69) is 30.8 Å². The highest BCUT2D eigenvalue weighted by Crippen LogP contribution is 2.69. The van der Waals surface area contributed by atoms with Crippen LogP contribution in [0.1, 0.15) is 97.8 Å². The zero-order chi connectivity index (χ0) is 30.3. The van der Waals surface area contributed by atoms with Crippen LogP contribution in [0, 0.1) is 46.3 Å². The minimum Gasteiger partial charge on any atom is -0.406 e. The van der Waals surface area contributed by atoms with Gasteiger partial charge < -0.3 is 10.1 Å². The molecule has 1 aromatic carbocycles. The van der Waals surface area contributed by atoms with E-state index >= 15 is 0 Å². The zero-order valence-electron chi connectivity index (χ0n) is 25.1. The number of sulfonamides is 1. The van der Waals surface area contributed by atoms with Crippen molar-refractivity contribution in [2.24, 2.45) is 46.3 Å². The van der Waals surface area contributed by atoms with E-state index in [1.54, 1.807) is 0 Å². The Kier molecular flexibility index (Phi) is 8.87. The van der Waals surface area contributed by atoms with Gasteiger partial charge in [-0.15, -0.1) is 13.2 Å². The molecule has 2 amide bonds. The molecule has 2 unspecified atom stereocenters. The topological polar surface area (TPSA) is 84.5 Å². The van der Waals surface area contributed by atoms with Gasteiger partial charge in [0, 0.05) is 6.54 Å².